The molecule has 0 bridgehead atoms. The lowest BCUT2D eigenvalue weighted by molar-refractivity contribution is 0.419. The Bertz CT molecular complexity index is 990. The zero-order chi connectivity index (χ0) is 26.2. The lowest BCUT2D eigenvalue weighted by atomic mass is 10.0. The topological polar surface area (TPSA) is 66.8 Å². The number of rotatable bonds is 20. The van der Waals surface area contributed by atoms with E-state index < -0.39 is 10.1 Å². The summed E-state index contributed by atoms with van der Waals surface area (Å²) in [5, 5.41) is 1.15. The molecule has 1 N–H and O–H groups in total. The summed E-state index contributed by atoms with van der Waals surface area (Å²) in [5.74, 6) is 0.587. The monoisotopic (exact) mass is 519 g/mol. The first-order valence-corrected chi connectivity index (χ1v) is 15.6. The minimum Gasteiger partial charge on any atom is -0.496 e. The molecule has 5 nitrogen and oxygen atoms in total. The highest BCUT2D eigenvalue weighted by atomic mass is 32.2. The Balaban J connectivity index is 1.62. The van der Waals surface area contributed by atoms with E-state index in [0.717, 1.165) is 18.7 Å². The summed E-state index contributed by atoms with van der Waals surface area (Å²) in [7, 11) is -0.733. The van der Waals surface area contributed by atoms with Gasteiger partial charge in [0.15, 0.2) is 0 Å². The molecule has 0 aliphatic carbocycles. The molecule has 0 amide bonds. The number of hydrogen-bond donors (Lipinski definition) is 1. The van der Waals surface area contributed by atoms with Crippen LogP contribution >= 0.6 is 0 Å². The largest absolute Gasteiger partial charge is 0.496 e. The van der Waals surface area contributed by atoms with Crippen LogP contribution in [0.4, 0.5) is 5.69 Å². The van der Waals surface area contributed by atoms with E-state index in [2.05, 4.69) is 11.8 Å². The minimum atomic E-state index is -4.32. The molecule has 2 rings (SSSR count). The third kappa shape index (κ3) is 10.7. The van der Waals surface area contributed by atoms with Gasteiger partial charge in [-0.15, -0.1) is 0 Å². The summed E-state index contributed by atoms with van der Waals surface area (Å²) < 4.78 is 38.8. The first-order chi connectivity index (χ1) is 17.4. The van der Waals surface area contributed by atoms with Gasteiger partial charge in [-0.2, -0.15) is 8.42 Å². The third-order valence-electron chi connectivity index (χ3n) is 7.21. The predicted molar refractivity (Wildman–Crippen MR) is 153 cm³/mol. The van der Waals surface area contributed by atoms with Gasteiger partial charge in [-0.25, -0.2) is 0 Å². The number of ether oxygens (including phenoxy) is 1. The Morgan fingerprint density at radius 2 is 1.22 bits per heavy atom. The molecule has 0 spiro atoms. The molecule has 204 valence electrons. The molecular weight excluding hydrogens is 470 g/mol. The van der Waals surface area contributed by atoms with E-state index >= 15 is 0 Å². The molecule has 2 aromatic rings. The lowest BCUT2D eigenvalue weighted by Gasteiger charge is -2.20. The number of methoxy groups -OCH3 is 1. The van der Waals surface area contributed by atoms with Crippen LogP contribution in [-0.2, 0) is 10.1 Å². The highest BCUT2D eigenvalue weighted by Gasteiger charge is 2.17. The number of benzene rings is 2. The van der Waals surface area contributed by atoms with Crippen LogP contribution in [0.25, 0.3) is 10.8 Å². The molecule has 0 heterocycles. The van der Waals surface area contributed by atoms with E-state index in [4.69, 9.17) is 4.74 Å². The Hall–Kier alpha value is -1.79. The molecule has 0 saturated heterocycles. The Morgan fingerprint density at radius 1 is 0.722 bits per heavy atom. The van der Waals surface area contributed by atoms with Crippen LogP contribution in [0.15, 0.2) is 35.2 Å². The van der Waals surface area contributed by atoms with Crippen molar-refractivity contribution < 1.29 is 17.7 Å². The van der Waals surface area contributed by atoms with Gasteiger partial charge in [0.2, 0.25) is 0 Å². The van der Waals surface area contributed by atoms with Gasteiger partial charge in [-0.1, -0.05) is 103 Å². The van der Waals surface area contributed by atoms with Crippen molar-refractivity contribution in [3.8, 4) is 5.75 Å². The van der Waals surface area contributed by atoms with Crippen LogP contribution in [0.5, 0.6) is 5.75 Å². The fourth-order valence-electron chi connectivity index (χ4n) is 4.95. The van der Waals surface area contributed by atoms with Gasteiger partial charge in [0.25, 0.3) is 10.1 Å². The van der Waals surface area contributed by atoms with Gasteiger partial charge < -0.3 is 9.64 Å². The maximum Gasteiger partial charge on any atom is 0.295 e. The molecule has 0 aliphatic heterocycles. The first-order valence-electron chi connectivity index (χ1n) is 14.2. The van der Waals surface area contributed by atoms with Crippen molar-refractivity contribution in [3.63, 3.8) is 0 Å². The molecule has 0 aromatic heterocycles. The van der Waals surface area contributed by atoms with E-state index in [-0.39, 0.29) is 4.90 Å². The van der Waals surface area contributed by atoms with Crippen molar-refractivity contribution in [2.45, 2.75) is 115 Å². The fraction of sp³-hybridized carbons (Fsp3) is 0.667. The van der Waals surface area contributed by atoms with E-state index in [9.17, 15) is 13.0 Å². The van der Waals surface area contributed by atoms with Gasteiger partial charge in [0, 0.05) is 30.1 Å². The second-order valence-corrected chi connectivity index (χ2v) is 11.6. The van der Waals surface area contributed by atoms with Gasteiger partial charge in [-0.05, 0) is 36.8 Å². The zero-order valence-electron chi connectivity index (χ0n) is 22.9. The van der Waals surface area contributed by atoms with Crippen molar-refractivity contribution in [3.05, 3.63) is 30.3 Å². The Labute approximate surface area is 220 Å². The molecule has 0 unspecified atom stereocenters. The Morgan fingerprint density at radius 3 is 1.69 bits per heavy atom. The molecule has 0 fully saturated rings. The minimum absolute atomic E-state index is 0.0871. The van der Waals surface area contributed by atoms with Crippen molar-refractivity contribution >= 4 is 26.6 Å². The summed E-state index contributed by atoms with van der Waals surface area (Å²) >= 11 is 0. The number of unbranched alkanes of at least 4 members (excludes halogenated alkanes) is 15. The van der Waals surface area contributed by atoms with Crippen molar-refractivity contribution in [1.29, 1.82) is 0 Å². The van der Waals surface area contributed by atoms with E-state index in [1.54, 1.807) is 13.2 Å². The Kier molecular flexibility index (Phi) is 14.3. The highest BCUT2D eigenvalue weighted by molar-refractivity contribution is 7.86. The molecule has 6 heteroatoms. The first kappa shape index (κ1) is 30.4. The quantitative estimate of drug-likeness (QED) is 0.140. The average Bonchev–Trinajstić information content (AvgIpc) is 2.86. The summed E-state index contributed by atoms with van der Waals surface area (Å²) in [6, 6.07) is 8.64. The SMILES string of the molecule is CCCCCCCCCCCCCCCCCCN(C)c1ccc2c(OC)ccc(S(=O)(=O)O)c2c1. The normalized spacial score (nSPS) is 11.8. The standard InChI is InChI=1S/C30H49NO4S/c1-4-5-6-7-8-9-10-11-12-13-14-15-16-17-18-19-24-31(2)26-20-21-27-28(25-26)30(36(32,33)34)23-22-29(27)35-3/h20-23,25H,4-19,24H2,1-3H3,(H,32,33,34). The molecule has 36 heavy (non-hydrogen) atoms. The van der Waals surface area contributed by atoms with Gasteiger partial charge >= 0.3 is 0 Å². The smallest absolute Gasteiger partial charge is 0.295 e. The van der Waals surface area contributed by atoms with Crippen molar-refractivity contribution in [2.75, 3.05) is 25.6 Å². The second-order valence-electron chi connectivity index (χ2n) is 10.2. The molecule has 0 radical (unpaired) electrons. The fourth-order valence-corrected chi connectivity index (χ4v) is 5.64. The summed E-state index contributed by atoms with van der Waals surface area (Å²) in [6.45, 7) is 3.19. The van der Waals surface area contributed by atoms with Crippen molar-refractivity contribution in [1.82, 2.24) is 0 Å². The third-order valence-corrected chi connectivity index (χ3v) is 8.12. The number of hydrogen-bond acceptors (Lipinski definition) is 4. The molecule has 2 aromatic carbocycles. The number of anilines is 1. The van der Waals surface area contributed by atoms with Crippen LogP contribution < -0.4 is 9.64 Å². The highest BCUT2D eigenvalue weighted by Crippen LogP contribution is 2.33. The van der Waals surface area contributed by atoms with E-state index in [1.807, 2.05) is 25.2 Å². The second kappa shape index (κ2) is 16.9. The van der Waals surface area contributed by atoms with Crippen LogP contribution in [0.3, 0.4) is 0 Å². The van der Waals surface area contributed by atoms with Gasteiger partial charge in [0.05, 0.1) is 7.11 Å². The lowest BCUT2D eigenvalue weighted by Crippen LogP contribution is -2.18. The van der Waals surface area contributed by atoms with Gasteiger partial charge in [-0.3, -0.25) is 4.55 Å². The predicted octanol–water partition coefficient (Wildman–Crippen LogP) is 8.79. The van der Waals surface area contributed by atoms with Crippen LogP contribution in [0, 0.1) is 0 Å². The van der Waals surface area contributed by atoms with Crippen LogP contribution in [0.1, 0.15) is 110 Å². The summed E-state index contributed by atoms with van der Waals surface area (Å²) in [6.07, 6.45) is 21.7. The van der Waals surface area contributed by atoms with Crippen LogP contribution in [-0.4, -0.2) is 33.7 Å². The maximum absolute atomic E-state index is 11.9. The molecular formula is C30H49NO4S. The van der Waals surface area contributed by atoms with Gasteiger partial charge in [0.1, 0.15) is 10.6 Å². The molecule has 0 saturated carbocycles. The number of fused-ring (bicyclic) bond motifs is 1. The molecule has 0 atom stereocenters. The van der Waals surface area contributed by atoms with E-state index in [0.29, 0.717) is 16.5 Å². The summed E-state index contributed by atoms with van der Waals surface area (Å²) in [4.78, 5) is 2.06. The van der Waals surface area contributed by atoms with Crippen molar-refractivity contribution in [2.24, 2.45) is 0 Å². The van der Waals surface area contributed by atoms with Crippen LogP contribution in [0.2, 0.25) is 0 Å². The summed E-state index contributed by atoms with van der Waals surface area (Å²) in [5.41, 5.74) is 0.932. The zero-order valence-corrected chi connectivity index (χ0v) is 23.8. The number of nitrogens with zero attached hydrogens (tertiary/aromatic N) is 1. The maximum atomic E-state index is 11.9. The molecule has 0 aliphatic rings. The average molecular weight is 520 g/mol. The van der Waals surface area contributed by atoms with E-state index in [1.165, 1.54) is 102 Å².